The number of benzodiazepines with no additional fused rings is 1. The minimum atomic E-state index is -0.913. The minimum Gasteiger partial charge on any atom is -0.304 e. The van der Waals surface area contributed by atoms with Crippen LogP contribution in [-0.4, -0.2) is 23.6 Å². The van der Waals surface area contributed by atoms with Gasteiger partial charge >= 0.3 is 0 Å². The Morgan fingerprint density at radius 3 is 2.71 bits per heavy atom. The molecular formula is C22H25N3O2S. The third-order valence-corrected chi connectivity index (χ3v) is 6.71. The van der Waals surface area contributed by atoms with E-state index in [4.69, 9.17) is 10.7 Å². The number of fused-ring (bicyclic) bond motifs is 1. The molecule has 5 nitrogen and oxygen atoms in total. The molecule has 1 aromatic carbocycles. The molecule has 2 aromatic rings. The molecule has 0 saturated heterocycles. The van der Waals surface area contributed by atoms with Crippen LogP contribution in [0, 0.1) is 5.92 Å². The fourth-order valence-electron chi connectivity index (χ4n) is 4.28. The fraction of sp³-hybridized carbons (Fsp3) is 0.409. The Labute approximate surface area is 169 Å². The smallest absolute Gasteiger partial charge is 0.266 e. The molecule has 1 atom stereocenters. The molecule has 0 unspecified atom stereocenters. The van der Waals surface area contributed by atoms with Gasteiger partial charge in [0.25, 0.3) is 5.91 Å². The molecule has 1 aliphatic heterocycles. The second-order valence-electron chi connectivity index (χ2n) is 7.57. The number of carbonyl (C=O) groups excluding carboxylic acids is 2. The number of para-hydroxylation sites is 1. The molecule has 1 saturated carbocycles. The van der Waals surface area contributed by atoms with Gasteiger partial charge in [-0.2, -0.15) is 0 Å². The van der Waals surface area contributed by atoms with Crippen molar-refractivity contribution in [1.29, 1.82) is 0 Å². The Hall–Kier alpha value is -2.31. The Morgan fingerprint density at radius 2 is 1.96 bits per heavy atom. The van der Waals surface area contributed by atoms with Crippen LogP contribution in [-0.2, 0) is 11.3 Å². The Bertz CT molecular complexity index is 927. The first kappa shape index (κ1) is 19.0. The highest BCUT2D eigenvalue weighted by Gasteiger charge is 2.33. The molecule has 0 radical (unpaired) electrons. The summed E-state index contributed by atoms with van der Waals surface area (Å²) in [5.41, 5.74) is 9.89. The van der Waals surface area contributed by atoms with Gasteiger partial charge in [0.05, 0.1) is 17.1 Å². The maximum atomic E-state index is 13.2. The summed E-state index contributed by atoms with van der Waals surface area (Å²) >= 11 is 1.41. The number of nitrogens with two attached hydrogens (primary N) is 1. The number of carbonyl (C=O) groups is 2. The van der Waals surface area contributed by atoms with Crippen molar-refractivity contribution >= 4 is 34.4 Å². The number of thiophene rings is 1. The maximum absolute atomic E-state index is 13.2. The topological polar surface area (TPSA) is 75.8 Å². The molecule has 2 heterocycles. The van der Waals surface area contributed by atoms with Crippen LogP contribution in [0.3, 0.4) is 0 Å². The van der Waals surface area contributed by atoms with Gasteiger partial charge in [0.2, 0.25) is 0 Å². The molecule has 1 amide bonds. The van der Waals surface area contributed by atoms with Crippen LogP contribution in [0.25, 0.3) is 0 Å². The monoisotopic (exact) mass is 395 g/mol. The zero-order chi connectivity index (χ0) is 19.7. The molecule has 2 aliphatic rings. The van der Waals surface area contributed by atoms with E-state index in [1.807, 2.05) is 35.7 Å². The van der Waals surface area contributed by atoms with Crippen molar-refractivity contribution in [2.24, 2.45) is 16.6 Å². The summed E-state index contributed by atoms with van der Waals surface area (Å²) in [6.07, 6.45) is 4.91. The first-order valence-electron chi connectivity index (χ1n) is 9.87. The molecule has 1 aliphatic carbocycles. The summed E-state index contributed by atoms with van der Waals surface area (Å²) in [7, 11) is 0. The molecule has 0 spiro atoms. The lowest BCUT2D eigenvalue weighted by atomic mass is 9.83. The second-order valence-corrected chi connectivity index (χ2v) is 8.48. The lowest BCUT2D eigenvalue weighted by Crippen LogP contribution is -2.42. The lowest BCUT2D eigenvalue weighted by Gasteiger charge is -2.26. The number of Topliss-reactive ketones (excluding diaryl/α,β-unsaturated/α-hetero) is 1. The summed E-state index contributed by atoms with van der Waals surface area (Å²) in [6.45, 7) is 1.89. The number of aliphatic imine (C=N–C) groups is 1. The molecule has 1 aromatic heterocycles. The van der Waals surface area contributed by atoms with E-state index in [1.54, 1.807) is 11.8 Å². The summed E-state index contributed by atoms with van der Waals surface area (Å²) < 4.78 is 0. The average Bonchev–Trinajstić information content (AvgIpc) is 3.15. The predicted octanol–water partition coefficient (Wildman–Crippen LogP) is 4.15. The van der Waals surface area contributed by atoms with E-state index in [9.17, 15) is 9.59 Å². The van der Waals surface area contributed by atoms with Crippen molar-refractivity contribution in [2.75, 3.05) is 4.90 Å². The van der Waals surface area contributed by atoms with E-state index in [-0.39, 0.29) is 11.7 Å². The van der Waals surface area contributed by atoms with Crippen LogP contribution in [0.15, 0.2) is 40.7 Å². The van der Waals surface area contributed by atoms with E-state index in [0.29, 0.717) is 17.3 Å². The van der Waals surface area contributed by atoms with Gasteiger partial charge in [0.15, 0.2) is 11.9 Å². The van der Waals surface area contributed by atoms with Gasteiger partial charge < -0.3 is 10.6 Å². The molecule has 146 valence electrons. The number of benzene rings is 1. The van der Waals surface area contributed by atoms with E-state index >= 15 is 0 Å². The summed E-state index contributed by atoms with van der Waals surface area (Å²) in [5.74, 6) is 0.144. The van der Waals surface area contributed by atoms with Crippen LogP contribution in [0.2, 0.25) is 0 Å². The summed E-state index contributed by atoms with van der Waals surface area (Å²) in [4.78, 5) is 32.2. The van der Waals surface area contributed by atoms with Gasteiger partial charge in [-0.25, -0.2) is 0 Å². The standard InChI is InChI=1S/C22H25N3O2S/c1-14(26)20-16(11-12-28-20)13-25-18-10-6-5-9-17(18)19(24-21(23)22(25)27)15-7-3-2-4-8-15/h5-6,9-12,15,21H,2-4,7-8,13,23H2,1H3/t21-/m0/s1. The third kappa shape index (κ3) is 3.54. The molecule has 6 heteroatoms. The van der Waals surface area contributed by atoms with Crippen LogP contribution >= 0.6 is 11.3 Å². The first-order chi connectivity index (χ1) is 13.6. The predicted molar refractivity (Wildman–Crippen MR) is 113 cm³/mol. The number of ketones is 1. The van der Waals surface area contributed by atoms with Crippen molar-refractivity contribution in [2.45, 2.75) is 51.7 Å². The Kier molecular flexibility index (Phi) is 5.42. The first-order valence-corrected chi connectivity index (χ1v) is 10.8. The molecule has 28 heavy (non-hydrogen) atoms. The third-order valence-electron chi connectivity index (χ3n) is 5.65. The highest BCUT2D eigenvalue weighted by molar-refractivity contribution is 7.12. The normalized spacial score (nSPS) is 20.5. The Balaban J connectivity index is 1.76. The number of amides is 1. The van der Waals surface area contributed by atoms with Crippen molar-refractivity contribution in [3.63, 3.8) is 0 Å². The van der Waals surface area contributed by atoms with E-state index in [0.717, 1.165) is 35.4 Å². The number of anilines is 1. The quantitative estimate of drug-likeness (QED) is 0.790. The van der Waals surface area contributed by atoms with Crippen molar-refractivity contribution < 1.29 is 9.59 Å². The zero-order valence-electron chi connectivity index (χ0n) is 16.1. The number of nitrogens with zero attached hydrogens (tertiary/aromatic N) is 2. The summed E-state index contributed by atoms with van der Waals surface area (Å²) in [5, 5.41) is 1.89. The van der Waals surface area contributed by atoms with Gasteiger partial charge in [-0.1, -0.05) is 37.5 Å². The number of hydrogen-bond donors (Lipinski definition) is 1. The minimum absolute atomic E-state index is 0.0176. The van der Waals surface area contributed by atoms with E-state index in [2.05, 4.69) is 0 Å². The molecule has 2 N–H and O–H groups in total. The van der Waals surface area contributed by atoms with E-state index < -0.39 is 6.17 Å². The van der Waals surface area contributed by atoms with Gasteiger partial charge in [-0.05, 0) is 42.8 Å². The van der Waals surface area contributed by atoms with Gasteiger partial charge in [-0.3, -0.25) is 14.6 Å². The largest absolute Gasteiger partial charge is 0.304 e. The molecule has 0 bridgehead atoms. The van der Waals surface area contributed by atoms with Crippen molar-refractivity contribution in [1.82, 2.24) is 0 Å². The van der Waals surface area contributed by atoms with Crippen LogP contribution in [0.4, 0.5) is 5.69 Å². The van der Waals surface area contributed by atoms with Crippen LogP contribution in [0.1, 0.15) is 59.8 Å². The highest BCUT2D eigenvalue weighted by atomic mass is 32.1. The fourth-order valence-corrected chi connectivity index (χ4v) is 5.10. The SMILES string of the molecule is CC(=O)c1sccc1CN1C(=O)[C@@H](N)N=C(C2CCCCC2)c2ccccc21. The zero-order valence-corrected chi connectivity index (χ0v) is 16.9. The highest BCUT2D eigenvalue weighted by Crippen LogP contribution is 2.34. The van der Waals surface area contributed by atoms with Gasteiger partial charge in [0, 0.05) is 17.2 Å². The van der Waals surface area contributed by atoms with Crippen LogP contribution in [0.5, 0.6) is 0 Å². The van der Waals surface area contributed by atoms with E-state index in [1.165, 1.54) is 30.6 Å². The second kappa shape index (κ2) is 7.97. The number of rotatable bonds is 4. The lowest BCUT2D eigenvalue weighted by molar-refractivity contribution is -0.119. The summed E-state index contributed by atoms with van der Waals surface area (Å²) in [6, 6.07) is 9.84. The molecular weight excluding hydrogens is 370 g/mol. The average molecular weight is 396 g/mol. The van der Waals surface area contributed by atoms with Gasteiger partial charge in [0.1, 0.15) is 0 Å². The molecule has 1 fully saturated rings. The molecule has 4 rings (SSSR count). The number of hydrogen-bond acceptors (Lipinski definition) is 5. The van der Waals surface area contributed by atoms with Crippen molar-refractivity contribution in [3.05, 3.63) is 51.7 Å². The van der Waals surface area contributed by atoms with Crippen LogP contribution < -0.4 is 10.6 Å². The Morgan fingerprint density at radius 1 is 1.21 bits per heavy atom. The van der Waals surface area contributed by atoms with Gasteiger partial charge in [-0.15, -0.1) is 11.3 Å². The maximum Gasteiger partial charge on any atom is 0.266 e. The van der Waals surface area contributed by atoms with Crippen molar-refractivity contribution in [3.8, 4) is 0 Å².